The molecule has 1 heterocycles. The number of rotatable bonds is 3. The Hall–Kier alpha value is -3.00. The van der Waals surface area contributed by atoms with Crippen molar-refractivity contribution in [3.63, 3.8) is 0 Å². The molecule has 0 unspecified atom stereocenters. The molecule has 1 atom stereocenters. The Morgan fingerprint density at radius 3 is 2.28 bits per heavy atom. The van der Waals surface area contributed by atoms with E-state index in [4.69, 9.17) is 4.74 Å². The number of hydrogen-bond donors (Lipinski definition) is 1. The van der Waals surface area contributed by atoms with E-state index in [9.17, 15) is 22.8 Å². The van der Waals surface area contributed by atoms with Gasteiger partial charge in [0.05, 0.1) is 15.4 Å². The van der Waals surface area contributed by atoms with Crippen LogP contribution in [0.25, 0.3) is 0 Å². The molecule has 3 rings (SSSR count). The maximum absolute atomic E-state index is 12.9. The van der Waals surface area contributed by atoms with Crippen molar-refractivity contribution in [2.45, 2.75) is 49.1 Å². The van der Waals surface area contributed by atoms with Crippen LogP contribution in [0.2, 0.25) is 0 Å². The van der Waals surface area contributed by atoms with Crippen molar-refractivity contribution < 1.29 is 27.5 Å². The Labute approximate surface area is 169 Å². The first kappa shape index (κ1) is 20.7. The van der Waals surface area contributed by atoms with Gasteiger partial charge in [-0.05, 0) is 58.0 Å². The van der Waals surface area contributed by atoms with E-state index in [1.165, 1.54) is 37.3 Å². The van der Waals surface area contributed by atoms with Gasteiger partial charge in [-0.2, -0.15) is 0 Å². The molecule has 0 fully saturated rings. The highest BCUT2D eigenvalue weighted by Gasteiger charge is 2.35. The molecular weight excluding hydrogens is 394 g/mol. The van der Waals surface area contributed by atoms with Crippen LogP contribution in [0.5, 0.6) is 0 Å². The number of sulfone groups is 1. The van der Waals surface area contributed by atoms with Gasteiger partial charge in [0.2, 0.25) is 9.84 Å². The van der Waals surface area contributed by atoms with Gasteiger partial charge in [-0.15, -0.1) is 0 Å². The first-order valence-electron chi connectivity index (χ1n) is 8.98. The number of hydrogen-bond acceptors (Lipinski definition) is 6. The van der Waals surface area contributed by atoms with E-state index in [1.54, 1.807) is 26.8 Å². The molecule has 2 aromatic carbocycles. The lowest BCUT2D eigenvalue weighted by Crippen LogP contribution is -2.46. The van der Waals surface area contributed by atoms with Gasteiger partial charge >= 0.3 is 5.97 Å². The summed E-state index contributed by atoms with van der Waals surface area (Å²) in [4.78, 5) is 36.9. The average Bonchev–Trinajstić information content (AvgIpc) is 2.64. The highest BCUT2D eigenvalue weighted by molar-refractivity contribution is 7.91. The molecule has 0 radical (unpaired) electrons. The summed E-state index contributed by atoms with van der Waals surface area (Å²) in [6, 6.07) is 9.66. The third-order valence-corrected chi connectivity index (χ3v) is 6.18. The number of carbonyl (C=O) groups excluding carboxylic acids is 3. The third-order valence-electron chi connectivity index (χ3n) is 4.32. The van der Waals surface area contributed by atoms with Crippen LogP contribution in [-0.4, -0.2) is 37.7 Å². The maximum atomic E-state index is 12.9. The van der Waals surface area contributed by atoms with Crippen molar-refractivity contribution >= 4 is 27.5 Å². The Bertz CT molecular complexity index is 1130. The van der Waals surface area contributed by atoms with E-state index < -0.39 is 39.1 Å². The third kappa shape index (κ3) is 3.93. The monoisotopic (exact) mass is 415 g/mol. The van der Waals surface area contributed by atoms with Crippen molar-refractivity contribution in [1.29, 1.82) is 0 Å². The van der Waals surface area contributed by atoms with Gasteiger partial charge in [0.15, 0.2) is 11.9 Å². The molecule has 0 saturated heterocycles. The molecule has 1 N–H and O–H groups in total. The van der Waals surface area contributed by atoms with Crippen molar-refractivity contribution in [3.05, 3.63) is 59.2 Å². The molecule has 0 bridgehead atoms. The second-order valence-corrected chi connectivity index (χ2v) is 9.71. The Morgan fingerprint density at radius 2 is 1.62 bits per heavy atom. The Balaban J connectivity index is 1.91. The molecule has 8 heteroatoms. The highest BCUT2D eigenvalue weighted by atomic mass is 32.2. The normalized spacial score (nSPS) is 15.7. The fourth-order valence-corrected chi connectivity index (χ4v) is 4.64. The predicted molar refractivity (Wildman–Crippen MR) is 105 cm³/mol. The van der Waals surface area contributed by atoms with Crippen LogP contribution < -0.4 is 5.32 Å². The van der Waals surface area contributed by atoms with E-state index >= 15 is 0 Å². The molecule has 1 aliphatic heterocycles. The van der Waals surface area contributed by atoms with Crippen molar-refractivity contribution in [2.75, 3.05) is 0 Å². The summed E-state index contributed by atoms with van der Waals surface area (Å²) >= 11 is 0. The largest absolute Gasteiger partial charge is 0.449 e. The summed E-state index contributed by atoms with van der Waals surface area (Å²) in [6.45, 7) is 6.81. The van der Waals surface area contributed by atoms with Crippen molar-refractivity contribution in [2.24, 2.45) is 0 Å². The Morgan fingerprint density at radius 1 is 1.00 bits per heavy atom. The van der Waals surface area contributed by atoms with Gasteiger partial charge in [0, 0.05) is 16.7 Å². The second kappa shape index (κ2) is 7.11. The van der Waals surface area contributed by atoms with Gasteiger partial charge in [-0.25, -0.2) is 13.2 Å². The lowest BCUT2D eigenvalue weighted by atomic mass is 10.0. The number of ether oxygens (including phenoxy) is 1. The average molecular weight is 415 g/mol. The van der Waals surface area contributed by atoms with Crippen molar-refractivity contribution in [3.8, 4) is 0 Å². The maximum Gasteiger partial charge on any atom is 0.338 e. The van der Waals surface area contributed by atoms with Gasteiger partial charge in [0.25, 0.3) is 5.91 Å². The fourth-order valence-electron chi connectivity index (χ4n) is 2.96. The quantitative estimate of drug-likeness (QED) is 0.659. The molecule has 1 aliphatic rings. The lowest BCUT2D eigenvalue weighted by molar-refractivity contribution is -0.130. The Kier molecular flexibility index (Phi) is 5.08. The van der Waals surface area contributed by atoms with Crippen LogP contribution in [0.1, 0.15) is 54.0 Å². The van der Waals surface area contributed by atoms with Gasteiger partial charge in [0.1, 0.15) is 0 Å². The molecule has 0 aromatic heterocycles. The van der Waals surface area contributed by atoms with E-state index in [2.05, 4.69) is 5.32 Å². The van der Waals surface area contributed by atoms with E-state index in [0.29, 0.717) is 0 Å². The number of amides is 1. The summed E-state index contributed by atoms with van der Waals surface area (Å²) in [5.41, 5.74) is -0.456. The van der Waals surface area contributed by atoms with E-state index in [1.807, 2.05) is 0 Å². The number of fused-ring (bicyclic) bond motifs is 2. The molecule has 29 heavy (non-hydrogen) atoms. The van der Waals surface area contributed by atoms with Gasteiger partial charge in [-0.1, -0.05) is 12.1 Å². The molecule has 0 saturated carbocycles. The summed E-state index contributed by atoms with van der Waals surface area (Å²) in [7, 11) is -3.97. The van der Waals surface area contributed by atoms with Crippen LogP contribution in [0.15, 0.2) is 52.3 Å². The second-order valence-electron chi connectivity index (χ2n) is 7.83. The number of esters is 1. The molecular formula is C21H21NO6S. The summed E-state index contributed by atoms with van der Waals surface area (Å²) in [5, 5.41) is 2.70. The molecule has 0 spiro atoms. The zero-order valence-corrected chi connectivity index (χ0v) is 17.3. The molecule has 7 nitrogen and oxygen atoms in total. The SMILES string of the molecule is C[C@@H](OC(=O)c1ccc2c(c1)S(=O)(=O)c1ccccc1C2=O)C(=O)NC(C)(C)C. The highest BCUT2D eigenvalue weighted by Crippen LogP contribution is 2.34. The minimum Gasteiger partial charge on any atom is -0.449 e. The number of nitrogens with one attached hydrogen (secondary N) is 1. The van der Waals surface area contributed by atoms with E-state index in [-0.39, 0.29) is 26.5 Å². The van der Waals surface area contributed by atoms with Crippen LogP contribution >= 0.6 is 0 Å². The first-order valence-corrected chi connectivity index (χ1v) is 10.5. The van der Waals surface area contributed by atoms with Crippen LogP contribution in [-0.2, 0) is 19.4 Å². The van der Waals surface area contributed by atoms with Crippen LogP contribution in [0, 0.1) is 0 Å². The van der Waals surface area contributed by atoms with Crippen LogP contribution in [0.3, 0.4) is 0 Å². The summed E-state index contributed by atoms with van der Waals surface area (Å²) < 4.78 is 31.0. The summed E-state index contributed by atoms with van der Waals surface area (Å²) in [6.07, 6.45) is -1.07. The van der Waals surface area contributed by atoms with Gasteiger partial charge in [-0.3, -0.25) is 9.59 Å². The first-order chi connectivity index (χ1) is 13.4. The molecule has 0 aliphatic carbocycles. The molecule has 2 aromatic rings. The van der Waals surface area contributed by atoms with E-state index in [0.717, 1.165) is 6.07 Å². The zero-order valence-electron chi connectivity index (χ0n) is 16.5. The molecule has 152 valence electrons. The minimum atomic E-state index is -3.97. The summed E-state index contributed by atoms with van der Waals surface area (Å²) in [5.74, 6) is -1.75. The number of benzene rings is 2. The topological polar surface area (TPSA) is 107 Å². The zero-order chi connectivity index (χ0) is 21.6. The fraction of sp³-hybridized carbons (Fsp3) is 0.286. The van der Waals surface area contributed by atoms with Gasteiger partial charge < -0.3 is 10.1 Å². The predicted octanol–water partition coefficient (Wildman–Crippen LogP) is 2.52. The molecule has 1 amide bonds. The standard InChI is InChI=1S/C21H21NO6S/c1-12(19(24)22-21(2,3)4)28-20(25)13-9-10-15-17(11-13)29(26,27)16-8-6-5-7-14(16)18(15)23/h5-12H,1-4H3,(H,22,24)/t12-/m1/s1. The lowest BCUT2D eigenvalue weighted by Gasteiger charge is -2.23. The van der Waals surface area contributed by atoms with Crippen LogP contribution in [0.4, 0.5) is 0 Å². The number of ketones is 1. The van der Waals surface area contributed by atoms with Crippen molar-refractivity contribution in [1.82, 2.24) is 5.32 Å². The smallest absolute Gasteiger partial charge is 0.338 e. The minimum absolute atomic E-state index is 0.00114. The number of carbonyl (C=O) groups is 3.